The number of aromatic nitrogens is 2. The van der Waals surface area contributed by atoms with Crippen molar-refractivity contribution in [1.29, 1.82) is 0 Å². The molecule has 3 aromatic rings. The van der Waals surface area contributed by atoms with Crippen LogP contribution in [0.2, 0.25) is 0 Å². The van der Waals surface area contributed by atoms with E-state index in [1.54, 1.807) is 22.7 Å². The highest BCUT2D eigenvalue weighted by Gasteiger charge is 2.09. The van der Waals surface area contributed by atoms with E-state index < -0.39 is 0 Å². The van der Waals surface area contributed by atoms with E-state index >= 15 is 0 Å². The van der Waals surface area contributed by atoms with Gasteiger partial charge in [-0.2, -0.15) is 0 Å². The smallest absolute Gasteiger partial charge is 0.183 e. The highest BCUT2D eigenvalue weighted by molar-refractivity contribution is 7.22. The van der Waals surface area contributed by atoms with E-state index in [1.807, 2.05) is 29.8 Å². The Balaban J connectivity index is 1.71. The average Bonchev–Trinajstić information content (AvgIpc) is 3.04. The Morgan fingerprint density at radius 2 is 2.32 bits per heavy atom. The van der Waals surface area contributed by atoms with E-state index in [0.29, 0.717) is 5.92 Å². The first kappa shape index (κ1) is 12.4. The van der Waals surface area contributed by atoms with E-state index in [2.05, 4.69) is 22.2 Å². The van der Waals surface area contributed by atoms with Crippen molar-refractivity contribution in [2.24, 2.45) is 0 Å². The molecule has 0 saturated heterocycles. The number of hydrogen-bond donors (Lipinski definition) is 2. The normalized spacial score (nSPS) is 12.7. The molecule has 0 spiro atoms. The second kappa shape index (κ2) is 5.14. The van der Waals surface area contributed by atoms with Crippen LogP contribution in [0.5, 0.6) is 0 Å². The number of nitrogens with one attached hydrogen (secondary N) is 1. The molecule has 19 heavy (non-hydrogen) atoms. The standard InChI is InChI=1S/C13H14N4S2/c1-8(12-15-4-5-18-12)7-16-13-17-10-3-2-9(14)6-11(10)19-13/h2-6,8H,7,14H2,1H3,(H,16,17). The molecule has 1 unspecified atom stereocenters. The second-order valence-electron chi connectivity index (χ2n) is 4.40. The highest BCUT2D eigenvalue weighted by Crippen LogP contribution is 2.28. The molecule has 4 nitrogen and oxygen atoms in total. The predicted octanol–water partition coefficient (Wildman–Crippen LogP) is 3.55. The minimum Gasteiger partial charge on any atom is -0.399 e. The molecular weight excluding hydrogens is 276 g/mol. The van der Waals surface area contributed by atoms with Crippen LogP contribution in [0.1, 0.15) is 17.8 Å². The Morgan fingerprint density at radius 3 is 3.11 bits per heavy atom. The number of rotatable bonds is 4. The van der Waals surface area contributed by atoms with Crippen molar-refractivity contribution in [1.82, 2.24) is 9.97 Å². The molecule has 0 bridgehead atoms. The summed E-state index contributed by atoms with van der Waals surface area (Å²) in [5.41, 5.74) is 7.54. The molecule has 1 atom stereocenters. The summed E-state index contributed by atoms with van der Waals surface area (Å²) >= 11 is 3.32. The van der Waals surface area contributed by atoms with Gasteiger partial charge in [-0.25, -0.2) is 9.97 Å². The van der Waals surface area contributed by atoms with E-state index in [0.717, 1.165) is 32.6 Å². The second-order valence-corrected chi connectivity index (χ2v) is 6.36. The number of nitrogens with zero attached hydrogens (tertiary/aromatic N) is 2. The molecule has 0 radical (unpaired) electrons. The molecule has 0 aliphatic heterocycles. The third-order valence-corrected chi connectivity index (χ3v) is 4.83. The van der Waals surface area contributed by atoms with Gasteiger partial charge in [0.2, 0.25) is 0 Å². The van der Waals surface area contributed by atoms with Crippen molar-refractivity contribution in [2.75, 3.05) is 17.6 Å². The number of benzene rings is 1. The van der Waals surface area contributed by atoms with Gasteiger partial charge in [0, 0.05) is 29.7 Å². The lowest BCUT2D eigenvalue weighted by molar-refractivity contribution is 0.794. The number of fused-ring (bicyclic) bond motifs is 1. The Labute approximate surface area is 119 Å². The summed E-state index contributed by atoms with van der Waals surface area (Å²) < 4.78 is 1.12. The number of nitrogens with two attached hydrogens (primary N) is 1. The fraction of sp³-hybridized carbons (Fsp3) is 0.231. The maximum Gasteiger partial charge on any atom is 0.183 e. The van der Waals surface area contributed by atoms with Gasteiger partial charge in [0.15, 0.2) is 5.13 Å². The SMILES string of the molecule is CC(CNc1nc2ccc(N)cc2s1)c1nccs1. The monoisotopic (exact) mass is 290 g/mol. The van der Waals surface area contributed by atoms with Crippen molar-refractivity contribution in [2.45, 2.75) is 12.8 Å². The van der Waals surface area contributed by atoms with Gasteiger partial charge in [0.05, 0.1) is 15.2 Å². The van der Waals surface area contributed by atoms with Crippen LogP contribution in [0, 0.1) is 0 Å². The molecule has 3 rings (SSSR count). The van der Waals surface area contributed by atoms with Gasteiger partial charge in [0.1, 0.15) is 0 Å². The summed E-state index contributed by atoms with van der Waals surface area (Å²) in [5.74, 6) is 0.386. The van der Waals surface area contributed by atoms with Gasteiger partial charge in [0.25, 0.3) is 0 Å². The molecule has 0 saturated carbocycles. The van der Waals surface area contributed by atoms with Crippen molar-refractivity contribution in [3.05, 3.63) is 34.8 Å². The maximum absolute atomic E-state index is 5.77. The van der Waals surface area contributed by atoms with E-state index in [1.165, 1.54) is 0 Å². The maximum atomic E-state index is 5.77. The molecule has 0 fully saturated rings. The average molecular weight is 290 g/mol. The molecule has 2 heterocycles. The molecule has 6 heteroatoms. The van der Waals surface area contributed by atoms with Gasteiger partial charge in [-0.15, -0.1) is 11.3 Å². The first-order valence-corrected chi connectivity index (χ1v) is 7.71. The molecule has 0 aliphatic carbocycles. The summed E-state index contributed by atoms with van der Waals surface area (Å²) in [5, 5.41) is 7.47. The minimum atomic E-state index is 0.386. The van der Waals surface area contributed by atoms with E-state index in [9.17, 15) is 0 Å². The molecule has 2 aromatic heterocycles. The van der Waals surface area contributed by atoms with Crippen molar-refractivity contribution in [3.63, 3.8) is 0 Å². The van der Waals surface area contributed by atoms with E-state index in [4.69, 9.17) is 5.73 Å². The van der Waals surface area contributed by atoms with Crippen LogP contribution >= 0.6 is 22.7 Å². The molecule has 0 aliphatic rings. The van der Waals surface area contributed by atoms with Crippen LogP contribution in [0.25, 0.3) is 10.2 Å². The molecule has 0 amide bonds. The molecule has 98 valence electrons. The first-order chi connectivity index (χ1) is 9.22. The van der Waals surface area contributed by atoms with Crippen molar-refractivity contribution < 1.29 is 0 Å². The van der Waals surface area contributed by atoms with Gasteiger partial charge in [-0.1, -0.05) is 18.3 Å². The summed E-state index contributed by atoms with van der Waals surface area (Å²) in [6, 6.07) is 5.79. The Kier molecular flexibility index (Phi) is 3.35. The third-order valence-electron chi connectivity index (χ3n) is 2.84. The summed E-state index contributed by atoms with van der Waals surface area (Å²) in [7, 11) is 0. The number of anilines is 2. The van der Waals surface area contributed by atoms with Gasteiger partial charge >= 0.3 is 0 Å². The van der Waals surface area contributed by atoms with Crippen LogP contribution in [0.4, 0.5) is 10.8 Å². The topological polar surface area (TPSA) is 63.8 Å². The first-order valence-electron chi connectivity index (χ1n) is 6.01. The van der Waals surface area contributed by atoms with Gasteiger partial charge in [-0.3, -0.25) is 0 Å². The lowest BCUT2D eigenvalue weighted by atomic mass is 10.2. The zero-order valence-electron chi connectivity index (χ0n) is 10.5. The number of hydrogen-bond acceptors (Lipinski definition) is 6. The molecular formula is C13H14N4S2. The van der Waals surface area contributed by atoms with Gasteiger partial charge < -0.3 is 11.1 Å². The van der Waals surface area contributed by atoms with Crippen LogP contribution in [0.15, 0.2) is 29.8 Å². The van der Waals surface area contributed by atoms with Crippen LogP contribution in [-0.4, -0.2) is 16.5 Å². The summed E-state index contributed by atoms with van der Waals surface area (Å²) in [6.07, 6.45) is 1.84. The van der Waals surface area contributed by atoms with Crippen LogP contribution < -0.4 is 11.1 Å². The fourth-order valence-electron chi connectivity index (χ4n) is 1.82. The van der Waals surface area contributed by atoms with Crippen LogP contribution in [-0.2, 0) is 0 Å². The zero-order chi connectivity index (χ0) is 13.2. The highest BCUT2D eigenvalue weighted by atomic mass is 32.1. The van der Waals surface area contributed by atoms with Crippen molar-refractivity contribution >= 4 is 43.7 Å². The van der Waals surface area contributed by atoms with Gasteiger partial charge in [-0.05, 0) is 18.2 Å². The fourth-order valence-corrected chi connectivity index (χ4v) is 3.44. The minimum absolute atomic E-state index is 0.386. The Hall–Kier alpha value is -1.66. The molecule has 1 aromatic carbocycles. The molecule has 3 N–H and O–H groups in total. The van der Waals surface area contributed by atoms with Crippen LogP contribution in [0.3, 0.4) is 0 Å². The number of nitrogen functional groups attached to an aromatic ring is 1. The predicted molar refractivity (Wildman–Crippen MR) is 83.1 cm³/mol. The largest absolute Gasteiger partial charge is 0.399 e. The lowest BCUT2D eigenvalue weighted by Crippen LogP contribution is -2.09. The number of thiazole rings is 2. The summed E-state index contributed by atoms with van der Waals surface area (Å²) in [6.45, 7) is 3.00. The van der Waals surface area contributed by atoms with Crippen molar-refractivity contribution in [3.8, 4) is 0 Å². The Morgan fingerprint density at radius 1 is 1.42 bits per heavy atom. The zero-order valence-corrected chi connectivity index (χ0v) is 12.1. The summed E-state index contributed by atoms with van der Waals surface area (Å²) in [4.78, 5) is 8.87. The quantitative estimate of drug-likeness (QED) is 0.721. The lowest BCUT2D eigenvalue weighted by Gasteiger charge is -2.08. The third kappa shape index (κ3) is 2.69. The van der Waals surface area contributed by atoms with E-state index in [-0.39, 0.29) is 0 Å². The Bertz CT molecular complexity index is 675.